The lowest BCUT2D eigenvalue weighted by molar-refractivity contribution is -0.138. The van der Waals surface area contributed by atoms with Crippen LogP contribution in [0.15, 0.2) is 24.3 Å². The van der Waals surface area contributed by atoms with Crippen LogP contribution in [0.25, 0.3) is 0 Å². The van der Waals surface area contributed by atoms with Crippen LogP contribution in [0.3, 0.4) is 0 Å². The number of hydrogen-bond donors (Lipinski definition) is 0. The Balaban J connectivity index is 1.59. The minimum atomic E-state index is -0.0666. The fourth-order valence-electron chi connectivity index (χ4n) is 3.34. The van der Waals surface area contributed by atoms with Gasteiger partial charge in [0.05, 0.1) is 25.3 Å². The molecule has 0 saturated carbocycles. The Morgan fingerprint density at radius 2 is 2.12 bits per heavy atom. The lowest BCUT2D eigenvalue weighted by Crippen LogP contribution is -2.48. The summed E-state index contributed by atoms with van der Waals surface area (Å²) < 4.78 is 6.06. The molecule has 0 bridgehead atoms. The quantitative estimate of drug-likeness (QED) is 0.817. The molecule has 130 valence electrons. The number of rotatable bonds is 5. The molecule has 2 aliphatic heterocycles. The zero-order valence-corrected chi connectivity index (χ0v) is 14.4. The summed E-state index contributed by atoms with van der Waals surface area (Å²) in [6.45, 7) is 5.16. The minimum absolute atomic E-state index is 0.0317. The van der Waals surface area contributed by atoms with Crippen molar-refractivity contribution < 1.29 is 14.3 Å². The molecule has 6 nitrogen and oxygen atoms in total. The summed E-state index contributed by atoms with van der Waals surface area (Å²) >= 11 is 0. The smallest absolute Gasteiger partial charge is 0.242 e. The van der Waals surface area contributed by atoms with Crippen LogP contribution in [0.1, 0.15) is 19.8 Å². The molecule has 0 spiro atoms. The summed E-state index contributed by atoms with van der Waals surface area (Å²) in [5.41, 5.74) is 1.10. The van der Waals surface area contributed by atoms with E-state index in [9.17, 15) is 9.59 Å². The van der Waals surface area contributed by atoms with Gasteiger partial charge in [-0.3, -0.25) is 9.59 Å². The molecule has 1 atom stereocenters. The zero-order valence-electron chi connectivity index (χ0n) is 14.4. The molecule has 2 aliphatic rings. The van der Waals surface area contributed by atoms with Crippen molar-refractivity contribution in [2.24, 2.45) is 0 Å². The van der Waals surface area contributed by atoms with Crippen LogP contribution < -0.4 is 9.64 Å². The highest BCUT2D eigenvalue weighted by molar-refractivity contribution is 5.85. The molecule has 2 amide bonds. The van der Waals surface area contributed by atoms with Gasteiger partial charge in [-0.2, -0.15) is 0 Å². The normalized spacial score (nSPS) is 19.9. The van der Waals surface area contributed by atoms with Gasteiger partial charge >= 0.3 is 0 Å². The highest BCUT2D eigenvalue weighted by Crippen LogP contribution is 2.32. The van der Waals surface area contributed by atoms with Crippen molar-refractivity contribution >= 4 is 17.5 Å². The van der Waals surface area contributed by atoms with Gasteiger partial charge in [-0.25, -0.2) is 0 Å². The Morgan fingerprint density at radius 3 is 2.83 bits per heavy atom. The average molecular weight is 331 g/mol. The number of para-hydroxylation sites is 2. The average Bonchev–Trinajstić information content (AvgIpc) is 2.98. The van der Waals surface area contributed by atoms with Gasteiger partial charge in [0.25, 0.3) is 0 Å². The number of likely N-dealkylation sites (tertiary alicyclic amines) is 1. The molecule has 1 aromatic rings. The third kappa shape index (κ3) is 3.47. The van der Waals surface area contributed by atoms with Crippen molar-refractivity contribution in [2.75, 3.05) is 44.7 Å². The highest BCUT2D eigenvalue weighted by atomic mass is 16.5. The molecule has 24 heavy (non-hydrogen) atoms. The van der Waals surface area contributed by atoms with Crippen LogP contribution in [0, 0.1) is 0 Å². The lowest BCUT2D eigenvalue weighted by atomic mass is 10.2. The Morgan fingerprint density at radius 1 is 1.33 bits per heavy atom. The largest absolute Gasteiger partial charge is 0.485 e. The fourth-order valence-corrected chi connectivity index (χ4v) is 3.34. The second-order valence-electron chi connectivity index (χ2n) is 6.44. The van der Waals surface area contributed by atoms with E-state index in [1.165, 1.54) is 0 Å². The van der Waals surface area contributed by atoms with E-state index in [1.807, 2.05) is 18.2 Å². The molecular formula is C18H25N3O3. The maximum atomic E-state index is 12.4. The zero-order chi connectivity index (χ0) is 17.1. The number of amides is 2. The standard InChI is InChI=1S/C18H25N3O3/c1-3-20-12-14(24-16-8-5-4-7-15(16)20)11-19(2)18(23)13-21-10-6-9-17(21)22/h4-5,7-8,14H,3,6,9-13H2,1-2H3/t14-/m0/s1. The van der Waals surface area contributed by atoms with Gasteiger partial charge in [-0.1, -0.05) is 12.1 Å². The van der Waals surface area contributed by atoms with Crippen molar-refractivity contribution in [3.63, 3.8) is 0 Å². The van der Waals surface area contributed by atoms with E-state index in [-0.39, 0.29) is 24.5 Å². The highest BCUT2D eigenvalue weighted by Gasteiger charge is 2.28. The molecule has 1 saturated heterocycles. The van der Waals surface area contributed by atoms with Gasteiger partial charge in [0.1, 0.15) is 11.9 Å². The number of likely N-dealkylation sites (N-methyl/N-ethyl adjacent to an activating group) is 2. The summed E-state index contributed by atoms with van der Waals surface area (Å²) in [6.07, 6.45) is 1.34. The number of carbonyl (C=O) groups is 2. The first kappa shape index (κ1) is 16.6. The predicted molar refractivity (Wildman–Crippen MR) is 92.2 cm³/mol. The first-order valence-electron chi connectivity index (χ1n) is 8.61. The van der Waals surface area contributed by atoms with Crippen molar-refractivity contribution in [2.45, 2.75) is 25.9 Å². The van der Waals surface area contributed by atoms with E-state index in [4.69, 9.17) is 4.74 Å². The summed E-state index contributed by atoms with van der Waals surface area (Å²) in [6, 6.07) is 7.99. The molecule has 1 aromatic carbocycles. The Hall–Kier alpha value is -2.24. The van der Waals surface area contributed by atoms with Gasteiger partial charge in [-0.15, -0.1) is 0 Å². The lowest BCUT2D eigenvalue weighted by Gasteiger charge is -2.37. The first-order valence-corrected chi connectivity index (χ1v) is 8.61. The van der Waals surface area contributed by atoms with Gasteiger partial charge in [-0.05, 0) is 25.5 Å². The molecule has 0 unspecified atom stereocenters. The third-order valence-corrected chi connectivity index (χ3v) is 4.71. The second kappa shape index (κ2) is 7.11. The Labute approximate surface area is 143 Å². The predicted octanol–water partition coefficient (Wildman–Crippen LogP) is 1.35. The first-order chi connectivity index (χ1) is 11.6. The summed E-state index contributed by atoms with van der Waals surface area (Å²) in [5, 5.41) is 0. The molecule has 2 heterocycles. The third-order valence-electron chi connectivity index (χ3n) is 4.71. The second-order valence-corrected chi connectivity index (χ2v) is 6.44. The Kier molecular flexibility index (Phi) is 4.92. The summed E-state index contributed by atoms with van der Waals surface area (Å²) in [5.74, 6) is 0.915. The maximum absolute atomic E-state index is 12.4. The van der Waals surface area contributed by atoms with Crippen molar-refractivity contribution in [3.05, 3.63) is 24.3 Å². The van der Waals surface area contributed by atoms with Gasteiger partial charge in [0.15, 0.2) is 0 Å². The van der Waals surface area contributed by atoms with E-state index in [2.05, 4.69) is 17.9 Å². The summed E-state index contributed by atoms with van der Waals surface area (Å²) in [7, 11) is 1.78. The number of fused-ring (bicyclic) bond motifs is 1. The fraction of sp³-hybridized carbons (Fsp3) is 0.556. The van der Waals surface area contributed by atoms with Crippen LogP contribution >= 0.6 is 0 Å². The van der Waals surface area contributed by atoms with Crippen LogP contribution in [-0.4, -0.2) is 67.5 Å². The van der Waals surface area contributed by atoms with E-state index >= 15 is 0 Å². The topological polar surface area (TPSA) is 53.1 Å². The number of nitrogens with zero attached hydrogens (tertiary/aromatic N) is 3. The van der Waals surface area contributed by atoms with Crippen LogP contribution in [0.4, 0.5) is 5.69 Å². The van der Waals surface area contributed by atoms with Gasteiger partial charge in [0, 0.05) is 26.6 Å². The van der Waals surface area contributed by atoms with Crippen molar-refractivity contribution in [3.8, 4) is 5.75 Å². The molecule has 0 radical (unpaired) electrons. The van der Waals surface area contributed by atoms with Crippen LogP contribution in [0.5, 0.6) is 5.75 Å². The molecule has 6 heteroatoms. The molecule has 3 rings (SSSR count). The van der Waals surface area contributed by atoms with E-state index in [1.54, 1.807) is 16.8 Å². The number of hydrogen-bond acceptors (Lipinski definition) is 4. The molecular weight excluding hydrogens is 306 g/mol. The van der Waals surface area contributed by atoms with Crippen molar-refractivity contribution in [1.29, 1.82) is 0 Å². The van der Waals surface area contributed by atoms with Crippen LogP contribution in [0.2, 0.25) is 0 Å². The Bertz CT molecular complexity index is 619. The number of anilines is 1. The van der Waals surface area contributed by atoms with Gasteiger partial charge < -0.3 is 19.4 Å². The number of carbonyl (C=O) groups excluding carboxylic acids is 2. The van der Waals surface area contributed by atoms with E-state index < -0.39 is 0 Å². The molecule has 1 fully saturated rings. The van der Waals surface area contributed by atoms with E-state index in [0.29, 0.717) is 19.5 Å². The van der Waals surface area contributed by atoms with Crippen molar-refractivity contribution in [1.82, 2.24) is 9.80 Å². The van der Waals surface area contributed by atoms with E-state index in [0.717, 1.165) is 30.9 Å². The monoisotopic (exact) mass is 331 g/mol. The SMILES string of the molecule is CCN1C[C@H](CN(C)C(=O)CN2CCCC2=O)Oc2ccccc21. The van der Waals surface area contributed by atoms with Gasteiger partial charge in [0.2, 0.25) is 11.8 Å². The summed E-state index contributed by atoms with van der Waals surface area (Å²) in [4.78, 5) is 29.6. The maximum Gasteiger partial charge on any atom is 0.242 e. The number of benzene rings is 1. The molecule has 0 aliphatic carbocycles. The van der Waals surface area contributed by atoms with Crippen LogP contribution in [-0.2, 0) is 9.59 Å². The molecule has 0 N–H and O–H groups in total. The molecule has 0 aromatic heterocycles. The number of ether oxygens (including phenoxy) is 1. The minimum Gasteiger partial charge on any atom is -0.485 e.